The van der Waals surface area contributed by atoms with E-state index in [0.717, 1.165) is 36.8 Å². The van der Waals surface area contributed by atoms with Gasteiger partial charge in [0.1, 0.15) is 18.0 Å². The molecule has 0 amide bonds. The van der Waals surface area contributed by atoms with Crippen molar-refractivity contribution < 1.29 is 9.47 Å². The van der Waals surface area contributed by atoms with Gasteiger partial charge in [0.2, 0.25) is 5.88 Å². The van der Waals surface area contributed by atoms with Crippen LogP contribution in [0, 0.1) is 6.92 Å². The summed E-state index contributed by atoms with van der Waals surface area (Å²) in [5.41, 5.74) is 0.965. The minimum absolute atomic E-state index is 0.313. The van der Waals surface area contributed by atoms with E-state index in [-0.39, 0.29) is 0 Å². The van der Waals surface area contributed by atoms with Crippen LogP contribution in [0.5, 0.6) is 11.9 Å². The average Bonchev–Trinajstić information content (AvgIpc) is 3.10. The molecule has 1 aliphatic heterocycles. The van der Waals surface area contributed by atoms with E-state index in [9.17, 15) is 0 Å². The summed E-state index contributed by atoms with van der Waals surface area (Å²) in [6.45, 7) is 3.73. The molecule has 1 atom stereocenters. The fourth-order valence-corrected chi connectivity index (χ4v) is 2.84. The lowest BCUT2D eigenvalue weighted by Crippen LogP contribution is -2.35. The van der Waals surface area contributed by atoms with Crippen LogP contribution in [0.3, 0.4) is 0 Å². The van der Waals surface area contributed by atoms with Gasteiger partial charge in [-0.3, -0.25) is 0 Å². The number of methoxy groups -OCH3 is 2. The highest BCUT2D eigenvalue weighted by molar-refractivity contribution is 5.47. The summed E-state index contributed by atoms with van der Waals surface area (Å²) in [7, 11) is 5.21. The second kappa shape index (κ2) is 6.86. The predicted octanol–water partition coefficient (Wildman–Crippen LogP) is 1.31. The molecule has 0 saturated carbocycles. The molecule has 1 saturated heterocycles. The van der Waals surface area contributed by atoms with Gasteiger partial charge in [-0.25, -0.2) is 9.97 Å². The average molecular weight is 330 g/mol. The number of anilines is 2. The molecule has 0 spiro atoms. The molecule has 2 aromatic heterocycles. The van der Waals surface area contributed by atoms with E-state index in [1.165, 1.54) is 0 Å². The number of nitrogens with zero attached hydrogens (tertiary/aromatic N) is 6. The van der Waals surface area contributed by atoms with E-state index in [1.54, 1.807) is 20.5 Å². The van der Waals surface area contributed by atoms with Crippen molar-refractivity contribution in [3.8, 4) is 11.9 Å². The maximum absolute atomic E-state index is 5.23. The molecule has 1 fully saturated rings. The second-order valence-corrected chi connectivity index (χ2v) is 5.77. The van der Waals surface area contributed by atoms with Gasteiger partial charge in [0.15, 0.2) is 0 Å². The van der Waals surface area contributed by atoms with Crippen molar-refractivity contribution in [2.75, 3.05) is 44.2 Å². The van der Waals surface area contributed by atoms with Gasteiger partial charge in [0.25, 0.3) is 0 Å². The maximum atomic E-state index is 5.23. The molecule has 8 heteroatoms. The molecule has 0 N–H and O–H groups in total. The molecule has 3 rings (SSSR count). The highest BCUT2D eigenvalue weighted by atomic mass is 16.5. The van der Waals surface area contributed by atoms with Crippen molar-refractivity contribution in [1.29, 1.82) is 0 Å². The number of ether oxygens (including phenoxy) is 2. The smallest absolute Gasteiger partial charge is 0.321 e. The van der Waals surface area contributed by atoms with E-state index in [0.29, 0.717) is 17.9 Å². The Balaban J connectivity index is 1.75. The van der Waals surface area contributed by atoms with E-state index in [2.05, 4.69) is 36.8 Å². The van der Waals surface area contributed by atoms with Crippen molar-refractivity contribution in [2.24, 2.45) is 0 Å². The molecule has 128 valence electrons. The first-order valence-corrected chi connectivity index (χ1v) is 7.84. The van der Waals surface area contributed by atoms with Crippen molar-refractivity contribution in [1.82, 2.24) is 19.9 Å². The molecular formula is C16H22N6O2. The van der Waals surface area contributed by atoms with Crippen LogP contribution in [0.15, 0.2) is 18.5 Å². The van der Waals surface area contributed by atoms with Gasteiger partial charge in [-0.15, -0.1) is 0 Å². The minimum Gasteiger partial charge on any atom is -0.481 e. The zero-order valence-electron chi connectivity index (χ0n) is 14.4. The van der Waals surface area contributed by atoms with Crippen LogP contribution in [0.2, 0.25) is 0 Å². The largest absolute Gasteiger partial charge is 0.481 e. The monoisotopic (exact) mass is 330 g/mol. The Hall–Kier alpha value is -2.64. The van der Waals surface area contributed by atoms with Gasteiger partial charge in [-0.1, -0.05) is 0 Å². The Labute approximate surface area is 141 Å². The number of hydrogen-bond acceptors (Lipinski definition) is 8. The first-order valence-electron chi connectivity index (χ1n) is 7.84. The minimum atomic E-state index is 0.313. The molecule has 0 bridgehead atoms. The van der Waals surface area contributed by atoms with Crippen molar-refractivity contribution in [2.45, 2.75) is 19.4 Å². The first-order chi connectivity index (χ1) is 11.6. The fraction of sp³-hybridized carbons (Fsp3) is 0.500. The van der Waals surface area contributed by atoms with Crippen molar-refractivity contribution in [3.63, 3.8) is 0 Å². The summed E-state index contributed by atoms with van der Waals surface area (Å²) < 4.78 is 10.4. The van der Waals surface area contributed by atoms with E-state index in [1.807, 2.05) is 19.1 Å². The van der Waals surface area contributed by atoms with Crippen LogP contribution >= 0.6 is 0 Å². The lowest BCUT2D eigenvalue weighted by Gasteiger charge is -2.26. The van der Waals surface area contributed by atoms with Gasteiger partial charge in [0, 0.05) is 44.0 Å². The van der Waals surface area contributed by atoms with Gasteiger partial charge in [-0.2, -0.15) is 9.97 Å². The molecule has 8 nitrogen and oxygen atoms in total. The van der Waals surface area contributed by atoms with Gasteiger partial charge in [-0.05, 0) is 13.3 Å². The Kier molecular flexibility index (Phi) is 4.64. The van der Waals surface area contributed by atoms with Crippen LogP contribution in [0.25, 0.3) is 0 Å². The van der Waals surface area contributed by atoms with Crippen LogP contribution < -0.4 is 19.3 Å². The maximum Gasteiger partial charge on any atom is 0.321 e. The van der Waals surface area contributed by atoms with Crippen LogP contribution in [0.1, 0.15) is 12.1 Å². The standard InChI is InChI=1S/C16H22N6O2/c1-11-7-13(18-10-17-11)21(2)12-5-6-22(9-12)14-8-15(23-3)20-16(19-14)24-4/h7-8,10,12H,5-6,9H2,1-4H3. The normalized spacial score (nSPS) is 17.0. The van der Waals surface area contributed by atoms with Gasteiger partial charge >= 0.3 is 6.01 Å². The third kappa shape index (κ3) is 3.32. The number of aryl methyl sites for hydroxylation is 1. The molecular weight excluding hydrogens is 308 g/mol. The number of aromatic nitrogens is 4. The summed E-state index contributed by atoms with van der Waals surface area (Å²) in [6, 6.07) is 4.50. The number of rotatable bonds is 5. The van der Waals surface area contributed by atoms with Crippen LogP contribution in [0.4, 0.5) is 11.6 Å². The van der Waals surface area contributed by atoms with E-state index < -0.39 is 0 Å². The van der Waals surface area contributed by atoms with Crippen molar-refractivity contribution >= 4 is 11.6 Å². The van der Waals surface area contributed by atoms with Gasteiger partial charge < -0.3 is 19.3 Å². The SMILES string of the molecule is COc1cc(N2CCC(N(C)c3cc(C)ncn3)C2)nc(OC)n1. The molecule has 24 heavy (non-hydrogen) atoms. The zero-order valence-corrected chi connectivity index (χ0v) is 14.4. The quantitative estimate of drug-likeness (QED) is 0.812. The Morgan fingerprint density at radius 3 is 2.71 bits per heavy atom. The van der Waals surface area contributed by atoms with E-state index >= 15 is 0 Å². The van der Waals surface area contributed by atoms with Gasteiger partial charge in [0.05, 0.1) is 14.2 Å². The summed E-state index contributed by atoms with van der Waals surface area (Å²) in [5, 5.41) is 0. The highest BCUT2D eigenvalue weighted by Gasteiger charge is 2.28. The fourth-order valence-electron chi connectivity index (χ4n) is 2.84. The molecule has 0 aliphatic carbocycles. The molecule has 0 aromatic carbocycles. The lowest BCUT2D eigenvalue weighted by atomic mass is 10.2. The lowest BCUT2D eigenvalue weighted by molar-refractivity contribution is 0.352. The number of hydrogen-bond donors (Lipinski definition) is 0. The Morgan fingerprint density at radius 1 is 1.17 bits per heavy atom. The third-order valence-corrected chi connectivity index (χ3v) is 4.25. The molecule has 2 aromatic rings. The van der Waals surface area contributed by atoms with Crippen LogP contribution in [-0.4, -0.2) is 60.3 Å². The molecule has 1 aliphatic rings. The first kappa shape index (κ1) is 16.2. The molecule has 1 unspecified atom stereocenters. The molecule has 3 heterocycles. The van der Waals surface area contributed by atoms with Crippen LogP contribution in [-0.2, 0) is 0 Å². The zero-order chi connectivity index (χ0) is 17.1. The Morgan fingerprint density at radius 2 is 2.00 bits per heavy atom. The predicted molar refractivity (Wildman–Crippen MR) is 90.9 cm³/mol. The highest BCUT2D eigenvalue weighted by Crippen LogP contribution is 2.26. The third-order valence-electron chi connectivity index (χ3n) is 4.25. The second-order valence-electron chi connectivity index (χ2n) is 5.77. The Bertz CT molecular complexity index is 688. The number of likely N-dealkylation sites (N-methyl/N-ethyl adjacent to an activating group) is 1. The summed E-state index contributed by atoms with van der Waals surface area (Å²) in [4.78, 5) is 21.5. The van der Waals surface area contributed by atoms with Crippen molar-refractivity contribution in [3.05, 3.63) is 24.2 Å². The summed E-state index contributed by atoms with van der Waals surface area (Å²) in [5.74, 6) is 2.25. The summed E-state index contributed by atoms with van der Waals surface area (Å²) >= 11 is 0. The van der Waals surface area contributed by atoms with E-state index in [4.69, 9.17) is 9.47 Å². The summed E-state index contributed by atoms with van der Waals surface area (Å²) in [6.07, 6.45) is 2.63. The topological polar surface area (TPSA) is 76.5 Å². The molecule has 0 radical (unpaired) electrons.